The van der Waals surface area contributed by atoms with Gasteiger partial charge < -0.3 is 20.3 Å². The molecule has 2 saturated heterocycles. The summed E-state index contributed by atoms with van der Waals surface area (Å²) in [6, 6.07) is 0. The Balaban J connectivity index is 1.68. The van der Waals surface area contributed by atoms with Crippen molar-refractivity contribution in [2.75, 3.05) is 45.8 Å². The van der Waals surface area contributed by atoms with Crippen LogP contribution in [0.25, 0.3) is 0 Å². The van der Waals surface area contributed by atoms with E-state index in [0.29, 0.717) is 0 Å². The fraction of sp³-hybridized carbons (Fsp3) is 0.941. The fourth-order valence-electron chi connectivity index (χ4n) is 3.55. The quantitative estimate of drug-likeness (QED) is 0.669. The number of nitrogens with one attached hydrogen (secondary N) is 2. The van der Waals surface area contributed by atoms with Gasteiger partial charge in [0.15, 0.2) is 0 Å². The van der Waals surface area contributed by atoms with Crippen molar-refractivity contribution in [3.05, 3.63) is 0 Å². The van der Waals surface area contributed by atoms with Gasteiger partial charge in [0.05, 0.1) is 0 Å². The van der Waals surface area contributed by atoms with Gasteiger partial charge in [-0.2, -0.15) is 0 Å². The van der Waals surface area contributed by atoms with Crippen LogP contribution in [0.5, 0.6) is 0 Å². The van der Waals surface area contributed by atoms with Gasteiger partial charge in [-0.1, -0.05) is 13.3 Å². The second-order valence-corrected chi connectivity index (χ2v) is 7.00. The van der Waals surface area contributed by atoms with Crippen molar-refractivity contribution in [2.45, 2.75) is 45.4 Å². The van der Waals surface area contributed by atoms with Crippen LogP contribution in [0.3, 0.4) is 0 Å². The van der Waals surface area contributed by atoms with Crippen LogP contribution >= 0.6 is 0 Å². The molecule has 0 aromatic rings. The van der Waals surface area contributed by atoms with E-state index in [4.69, 9.17) is 0 Å². The summed E-state index contributed by atoms with van der Waals surface area (Å²) in [5, 5.41) is 7.00. The van der Waals surface area contributed by atoms with Gasteiger partial charge in [0, 0.05) is 12.0 Å². The molecular formula is C17H33N3O. The monoisotopic (exact) mass is 295 g/mol. The molecule has 2 N–H and O–H groups in total. The maximum atomic E-state index is 11.6. The zero-order valence-electron chi connectivity index (χ0n) is 13.7. The number of hydrogen-bond donors (Lipinski definition) is 2. The Hall–Kier alpha value is -0.450. The van der Waals surface area contributed by atoms with Gasteiger partial charge in [0.1, 0.15) is 6.29 Å². The number of carbonyl (C=O) groups excluding carboxylic acids is 1. The highest BCUT2D eigenvalue weighted by atomic mass is 16.1. The summed E-state index contributed by atoms with van der Waals surface area (Å²) >= 11 is 0. The smallest absolute Gasteiger partial charge is 0.127 e. The molecule has 0 saturated carbocycles. The molecule has 0 atom stereocenters. The molecule has 0 bridgehead atoms. The number of unbranched alkanes of at least 4 members (excludes halogenated alkanes) is 1. The van der Waals surface area contributed by atoms with Gasteiger partial charge >= 0.3 is 0 Å². The van der Waals surface area contributed by atoms with Gasteiger partial charge in [0.2, 0.25) is 0 Å². The minimum absolute atomic E-state index is 0.102. The summed E-state index contributed by atoms with van der Waals surface area (Å²) in [4.78, 5) is 14.1. The Labute approximate surface area is 130 Å². The van der Waals surface area contributed by atoms with Crippen LogP contribution in [0.4, 0.5) is 0 Å². The number of carbonyl (C=O) groups is 1. The zero-order chi connectivity index (χ0) is 15.0. The number of aldehydes is 1. The summed E-state index contributed by atoms with van der Waals surface area (Å²) in [6.07, 6.45) is 8.37. The van der Waals surface area contributed by atoms with Crippen molar-refractivity contribution in [1.29, 1.82) is 0 Å². The lowest BCUT2D eigenvalue weighted by atomic mass is 9.79. The molecular weight excluding hydrogens is 262 g/mol. The van der Waals surface area contributed by atoms with Crippen molar-refractivity contribution < 1.29 is 4.79 Å². The first-order valence-corrected chi connectivity index (χ1v) is 8.88. The second kappa shape index (κ2) is 8.86. The van der Waals surface area contributed by atoms with E-state index < -0.39 is 0 Å². The Morgan fingerprint density at radius 1 is 1.29 bits per heavy atom. The van der Waals surface area contributed by atoms with E-state index in [1.54, 1.807) is 0 Å². The number of nitrogens with zero attached hydrogens (tertiary/aromatic N) is 1. The van der Waals surface area contributed by atoms with Crippen LogP contribution < -0.4 is 10.6 Å². The van der Waals surface area contributed by atoms with Crippen molar-refractivity contribution >= 4 is 6.29 Å². The van der Waals surface area contributed by atoms with Crippen molar-refractivity contribution in [2.24, 2.45) is 11.3 Å². The highest BCUT2D eigenvalue weighted by Crippen LogP contribution is 2.29. The summed E-state index contributed by atoms with van der Waals surface area (Å²) in [5.74, 6) is 0.791. The third kappa shape index (κ3) is 5.35. The summed E-state index contributed by atoms with van der Waals surface area (Å²) in [7, 11) is 0. The van der Waals surface area contributed by atoms with Crippen molar-refractivity contribution in [3.8, 4) is 0 Å². The minimum atomic E-state index is -0.102. The molecule has 0 aromatic heterocycles. The lowest BCUT2D eigenvalue weighted by molar-refractivity contribution is -0.118. The predicted octanol–water partition coefficient (Wildman–Crippen LogP) is 1.66. The molecule has 21 heavy (non-hydrogen) atoms. The minimum Gasteiger partial charge on any atom is -0.317 e. The molecule has 2 fully saturated rings. The maximum absolute atomic E-state index is 11.6. The Morgan fingerprint density at radius 2 is 2.00 bits per heavy atom. The van der Waals surface area contributed by atoms with Gasteiger partial charge in [0.25, 0.3) is 0 Å². The summed E-state index contributed by atoms with van der Waals surface area (Å²) < 4.78 is 0. The molecule has 2 heterocycles. The third-order valence-corrected chi connectivity index (χ3v) is 5.30. The average Bonchev–Trinajstić information content (AvgIpc) is 2.55. The molecule has 2 rings (SSSR count). The summed E-state index contributed by atoms with van der Waals surface area (Å²) in [6.45, 7) is 9.88. The van der Waals surface area contributed by atoms with E-state index in [-0.39, 0.29) is 5.41 Å². The molecule has 2 aliphatic rings. The molecule has 4 heteroatoms. The number of piperidine rings is 2. The van der Waals surface area contributed by atoms with Crippen LogP contribution in [0.1, 0.15) is 45.4 Å². The van der Waals surface area contributed by atoms with Crippen LogP contribution in [0.15, 0.2) is 0 Å². The molecule has 122 valence electrons. The van der Waals surface area contributed by atoms with Gasteiger partial charge in [-0.15, -0.1) is 0 Å². The maximum Gasteiger partial charge on any atom is 0.127 e. The topological polar surface area (TPSA) is 44.4 Å². The molecule has 0 amide bonds. The first kappa shape index (κ1) is 16.9. The van der Waals surface area contributed by atoms with Crippen molar-refractivity contribution in [3.63, 3.8) is 0 Å². The van der Waals surface area contributed by atoms with E-state index in [1.807, 2.05) is 0 Å². The Morgan fingerprint density at radius 3 is 2.62 bits per heavy atom. The van der Waals surface area contributed by atoms with E-state index in [9.17, 15) is 4.79 Å². The summed E-state index contributed by atoms with van der Waals surface area (Å²) in [5.41, 5.74) is -0.102. The van der Waals surface area contributed by atoms with E-state index in [2.05, 4.69) is 22.5 Å². The molecule has 2 aliphatic heterocycles. The number of hydrogen-bond acceptors (Lipinski definition) is 4. The van der Waals surface area contributed by atoms with Gasteiger partial charge in [-0.25, -0.2) is 0 Å². The third-order valence-electron chi connectivity index (χ3n) is 5.30. The molecule has 0 radical (unpaired) electrons. The molecule has 0 unspecified atom stereocenters. The molecule has 4 nitrogen and oxygen atoms in total. The lowest BCUT2D eigenvalue weighted by Crippen LogP contribution is -2.47. The number of likely N-dealkylation sites (tertiary alicyclic amines) is 1. The van der Waals surface area contributed by atoms with Crippen molar-refractivity contribution in [1.82, 2.24) is 15.5 Å². The highest BCUT2D eigenvalue weighted by Gasteiger charge is 2.34. The Bertz CT molecular complexity index is 294. The molecule has 0 aliphatic carbocycles. The molecule has 0 spiro atoms. The highest BCUT2D eigenvalue weighted by molar-refractivity contribution is 5.60. The number of rotatable bonds is 8. The first-order chi connectivity index (χ1) is 10.3. The zero-order valence-corrected chi connectivity index (χ0v) is 13.7. The van der Waals surface area contributed by atoms with E-state index in [0.717, 1.165) is 58.0 Å². The van der Waals surface area contributed by atoms with E-state index >= 15 is 0 Å². The Kier molecular flexibility index (Phi) is 7.14. The standard InChI is InChI=1S/C17H33N3O/c1-2-3-10-20-11-6-17(15-21,7-12-20)14-19-13-16-4-8-18-9-5-16/h15-16,18-19H,2-14H2,1H3. The SMILES string of the molecule is CCCCN1CCC(C=O)(CNCC2CCNCC2)CC1. The normalized spacial score (nSPS) is 24.0. The van der Waals surface area contributed by atoms with Crippen LogP contribution in [-0.4, -0.2) is 57.0 Å². The molecule has 0 aromatic carbocycles. The predicted molar refractivity (Wildman–Crippen MR) is 87.5 cm³/mol. The van der Waals surface area contributed by atoms with Gasteiger partial charge in [-0.3, -0.25) is 0 Å². The average molecular weight is 295 g/mol. The van der Waals surface area contributed by atoms with Crippen LogP contribution in [0, 0.1) is 11.3 Å². The lowest BCUT2D eigenvalue weighted by Gasteiger charge is -2.38. The van der Waals surface area contributed by atoms with Crippen LogP contribution in [0.2, 0.25) is 0 Å². The van der Waals surface area contributed by atoms with Crippen LogP contribution in [-0.2, 0) is 4.79 Å². The second-order valence-electron chi connectivity index (χ2n) is 7.00. The van der Waals surface area contributed by atoms with Gasteiger partial charge in [-0.05, 0) is 77.3 Å². The first-order valence-electron chi connectivity index (χ1n) is 8.88. The largest absolute Gasteiger partial charge is 0.317 e. The fourth-order valence-corrected chi connectivity index (χ4v) is 3.55. The van der Waals surface area contributed by atoms with E-state index in [1.165, 1.54) is 38.5 Å².